The molecule has 6 N–H and O–H groups in total. The summed E-state index contributed by atoms with van der Waals surface area (Å²) in [6.07, 6.45) is 5.61. The van der Waals surface area contributed by atoms with Crippen LogP contribution >= 0.6 is 0 Å². The third-order valence-electron chi connectivity index (χ3n) is 5.26. The molecule has 31 heavy (non-hydrogen) atoms. The smallest absolute Gasteiger partial charge is 0.254 e. The number of hydrogen-bond donors (Lipinski definition) is 4. The first-order valence-electron chi connectivity index (χ1n) is 10.4. The van der Waals surface area contributed by atoms with Gasteiger partial charge in [0.15, 0.2) is 0 Å². The monoisotopic (exact) mass is 418 g/mol. The molecule has 8 nitrogen and oxygen atoms in total. The fourth-order valence-electron chi connectivity index (χ4n) is 3.63. The number of aromatic nitrogens is 2. The van der Waals surface area contributed by atoms with E-state index in [9.17, 15) is 4.79 Å². The molecule has 1 fully saturated rings. The van der Waals surface area contributed by atoms with Crippen molar-refractivity contribution in [1.82, 2.24) is 9.97 Å². The van der Waals surface area contributed by atoms with E-state index in [0.717, 1.165) is 31.4 Å². The number of ether oxygens (including phenoxy) is 1. The topological polar surface area (TPSA) is 128 Å². The summed E-state index contributed by atoms with van der Waals surface area (Å²) in [5.41, 5.74) is 12.7. The molecule has 1 heterocycles. The van der Waals surface area contributed by atoms with Crippen molar-refractivity contribution in [3.05, 3.63) is 66.4 Å². The zero-order valence-corrected chi connectivity index (χ0v) is 17.1. The quantitative estimate of drug-likeness (QED) is 0.459. The molecule has 160 valence electrons. The summed E-state index contributed by atoms with van der Waals surface area (Å²) in [6.45, 7) is 0. The summed E-state index contributed by atoms with van der Waals surface area (Å²) < 4.78 is 5.88. The van der Waals surface area contributed by atoms with Gasteiger partial charge in [0.2, 0.25) is 5.95 Å². The van der Waals surface area contributed by atoms with Crippen molar-refractivity contribution < 1.29 is 9.53 Å². The van der Waals surface area contributed by atoms with Crippen LogP contribution in [0.15, 0.2) is 60.8 Å². The molecule has 0 saturated heterocycles. The van der Waals surface area contributed by atoms with Crippen LogP contribution in [0, 0.1) is 0 Å². The number of carbonyl (C=O) groups excluding carboxylic acids is 1. The van der Waals surface area contributed by atoms with Gasteiger partial charge in [0, 0.05) is 30.0 Å². The maximum Gasteiger partial charge on any atom is 0.254 e. The van der Waals surface area contributed by atoms with Crippen molar-refractivity contribution in [3.63, 3.8) is 0 Å². The van der Waals surface area contributed by atoms with Gasteiger partial charge in [-0.05, 0) is 37.1 Å². The van der Waals surface area contributed by atoms with Crippen molar-refractivity contribution in [1.29, 1.82) is 0 Å². The van der Waals surface area contributed by atoms with E-state index in [1.54, 1.807) is 0 Å². The van der Waals surface area contributed by atoms with Gasteiger partial charge < -0.3 is 26.8 Å². The van der Waals surface area contributed by atoms with Gasteiger partial charge >= 0.3 is 0 Å². The maximum atomic E-state index is 11.9. The second kappa shape index (κ2) is 9.44. The molecule has 3 aromatic rings. The van der Waals surface area contributed by atoms with Crippen LogP contribution < -0.4 is 26.8 Å². The second-order valence-electron chi connectivity index (χ2n) is 7.59. The van der Waals surface area contributed by atoms with Crippen LogP contribution in [0.25, 0.3) is 0 Å². The van der Waals surface area contributed by atoms with Gasteiger partial charge in [-0.25, -0.2) is 4.98 Å². The molecule has 0 spiro atoms. The number of amides is 1. The van der Waals surface area contributed by atoms with Crippen LogP contribution in [0.2, 0.25) is 0 Å². The predicted molar refractivity (Wildman–Crippen MR) is 121 cm³/mol. The molecule has 1 aromatic heterocycles. The molecule has 0 bridgehead atoms. The largest absolute Gasteiger partial charge is 0.457 e. The molecule has 8 heteroatoms. The lowest BCUT2D eigenvalue weighted by Crippen LogP contribution is -2.43. The lowest BCUT2D eigenvalue weighted by atomic mass is 9.91. The Hall–Kier alpha value is -3.65. The normalized spacial score (nSPS) is 18.2. The average Bonchev–Trinajstić information content (AvgIpc) is 2.76. The number of nitrogens with zero attached hydrogens (tertiary/aromatic N) is 2. The van der Waals surface area contributed by atoms with Crippen LogP contribution in [0.5, 0.6) is 11.5 Å². The second-order valence-corrected chi connectivity index (χ2v) is 7.59. The molecule has 0 radical (unpaired) electrons. The standard InChI is InChI=1S/C23H26N6O2/c24-19-11-4-5-12-20(19)28-23-26-14-18(21(25)30)22(29-23)27-15-7-6-10-17(13-15)31-16-8-2-1-3-9-16/h1-3,6-10,13-14,19-20H,4-5,11-12,24H2,(H2,25,30)(H2,26,27,28,29)/t19-,20+/m1/s1. The highest BCUT2D eigenvalue weighted by atomic mass is 16.5. The van der Waals surface area contributed by atoms with Crippen LogP contribution in [0.4, 0.5) is 17.5 Å². The maximum absolute atomic E-state index is 11.9. The Labute approximate surface area is 181 Å². The molecule has 1 amide bonds. The minimum absolute atomic E-state index is 0.0522. The number of anilines is 3. The third kappa shape index (κ3) is 5.29. The minimum atomic E-state index is -0.611. The van der Waals surface area contributed by atoms with Gasteiger partial charge in [0.25, 0.3) is 5.91 Å². The minimum Gasteiger partial charge on any atom is -0.457 e. The van der Waals surface area contributed by atoms with E-state index < -0.39 is 5.91 Å². The van der Waals surface area contributed by atoms with Gasteiger partial charge in [0.05, 0.1) is 0 Å². The van der Waals surface area contributed by atoms with Gasteiger partial charge in [-0.2, -0.15) is 4.98 Å². The van der Waals surface area contributed by atoms with E-state index in [2.05, 4.69) is 20.6 Å². The summed E-state index contributed by atoms with van der Waals surface area (Å²) in [5, 5.41) is 6.47. The summed E-state index contributed by atoms with van der Waals surface area (Å²) >= 11 is 0. The first-order valence-corrected chi connectivity index (χ1v) is 10.4. The van der Waals surface area contributed by atoms with Gasteiger partial charge in [-0.3, -0.25) is 4.79 Å². The van der Waals surface area contributed by atoms with Crippen LogP contribution in [-0.4, -0.2) is 28.0 Å². The molecule has 0 unspecified atom stereocenters. The zero-order chi connectivity index (χ0) is 21.6. The number of para-hydroxylation sites is 1. The molecule has 1 saturated carbocycles. The van der Waals surface area contributed by atoms with Crippen molar-refractivity contribution >= 4 is 23.4 Å². The van der Waals surface area contributed by atoms with Crippen molar-refractivity contribution in [2.24, 2.45) is 11.5 Å². The van der Waals surface area contributed by atoms with E-state index in [1.165, 1.54) is 6.20 Å². The highest BCUT2D eigenvalue weighted by Gasteiger charge is 2.23. The molecule has 2 atom stereocenters. The Morgan fingerprint density at radius 1 is 1.03 bits per heavy atom. The fraction of sp³-hybridized carbons (Fsp3) is 0.261. The number of nitrogens with two attached hydrogens (primary N) is 2. The first kappa shape index (κ1) is 20.6. The van der Waals surface area contributed by atoms with E-state index in [-0.39, 0.29) is 17.6 Å². The Bertz CT molecular complexity index is 1040. The third-order valence-corrected chi connectivity index (χ3v) is 5.26. The Morgan fingerprint density at radius 3 is 2.58 bits per heavy atom. The van der Waals surface area contributed by atoms with E-state index in [4.69, 9.17) is 16.2 Å². The molecular weight excluding hydrogens is 392 g/mol. The lowest BCUT2D eigenvalue weighted by Gasteiger charge is -2.29. The van der Waals surface area contributed by atoms with Crippen molar-refractivity contribution in [2.45, 2.75) is 37.8 Å². The van der Waals surface area contributed by atoms with E-state index >= 15 is 0 Å². The molecule has 2 aromatic carbocycles. The van der Waals surface area contributed by atoms with Crippen molar-refractivity contribution in [2.75, 3.05) is 10.6 Å². The highest BCUT2D eigenvalue weighted by Crippen LogP contribution is 2.27. The molecular formula is C23H26N6O2. The Kier molecular flexibility index (Phi) is 6.28. The highest BCUT2D eigenvalue weighted by molar-refractivity contribution is 5.98. The SMILES string of the molecule is NC(=O)c1cnc(N[C@H]2CCCC[C@H]2N)nc1Nc1cccc(Oc2ccccc2)c1. The van der Waals surface area contributed by atoms with E-state index in [1.807, 2.05) is 54.6 Å². The summed E-state index contributed by atoms with van der Waals surface area (Å²) in [4.78, 5) is 20.7. The summed E-state index contributed by atoms with van der Waals surface area (Å²) in [5.74, 6) is 1.50. The van der Waals surface area contributed by atoms with Crippen molar-refractivity contribution in [3.8, 4) is 11.5 Å². The lowest BCUT2D eigenvalue weighted by molar-refractivity contribution is 0.100. The van der Waals surface area contributed by atoms with Crippen LogP contribution in [-0.2, 0) is 0 Å². The molecule has 1 aliphatic rings. The number of primary amides is 1. The van der Waals surface area contributed by atoms with Gasteiger partial charge in [-0.15, -0.1) is 0 Å². The number of hydrogen-bond acceptors (Lipinski definition) is 7. The zero-order valence-electron chi connectivity index (χ0n) is 17.1. The number of rotatable bonds is 7. The number of benzene rings is 2. The fourth-order valence-corrected chi connectivity index (χ4v) is 3.63. The van der Waals surface area contributed by atoms with Gasteiger partial charge in [0.1, 0.15) is 22.9 Å². The first-order chi connectivity index (χ1) is 15.1. The number of nitrogens with one attached hydrogen (secondary N) is 2. The number of carbonyl (C=O) groups is 1. The molecule has 1 aliphatic carbocycles. The predicted octanol–water partition coefficient (Wildman–Crippen LogP) is 3.79. The average molecular weight is 419 g/mol. The summed E-state index contributed by atoms with van der Waals surface area (Å²) in [7, 11) is 0. The van der Waals surface area contributed by atoms with E-state index in [0.29, 0.717) is 23.2 Å². The molecule has 4 rings (SSSR count). The van der Waals surface area contributed by atoms with Crippen LogP contribution in [0.1, 0.15) is 36.0 Å². The molecule has 0 aliphatic heterocycles. The Morgan fingerprint density at radius 2 is 1.81 bits per heavy atom. The Balaban J connectivity index is 1.55. The van der Waals surface area contributed by atoms with Gasteiger partial charge in [-0.1, -0.05) is 37.1 Å². The summed E-state index contributed by atoms with van der Waals surface area (Å²) in [6, 6.07) is 17.0. The van der Waals surface area contributed by atoms with Crippen LogP contribution in [0.3, 0.4) is 0 Å².